The molecule has 1 rings (SSSR count). The van der Waals surface area contributed by atoms with Gasteiger partial charge in [-0.3, -0.25) is 0 Å². The first-order chi connectivity index (χ1) is 4.34. The molecule has 0 saturated carbocycles. The largest absolute Gasteiger partial charge is 0.242 e. The summed E-state index contributed by atoms with van der Waals surface area (Å²) >= 11 is 1.63. The number of rotatable bonds is 1. The van der Waals surface area contributed by atoms with E-state index in [1.807, 2.05) is 12.3 Å². The fraction of sp³-hybridized carbons (Fsp3) is 0.714. The lowest BCUT2D eigenvalue weighted by Gasteiger charge is -2.18. The highest BCUT2D eigenvalue weighted by atomic mass is 32.2. The van der Waals surface area contributed by atoms with Gasteiger partial charge in [0.05, 0.1) is 0 Å². The second-order valence-corrected chi connectivity index (χ2v) is 3.30. The molecule has 2 atom stereocenters. The molecule has 2 heteroatoms. The second-order valence-electron chi connectivity index (χ2n) is 2.22. The summed E-state index contributed by atoms with van der Waals surface area (Å²) in [7, 11) is 0. The highest BCUT2D eigenvalue weighted by molar-refractivity contribution is 7.99. The predicted molar refractivity (Wildman–Crippen MR) is 40.6 cm³/mol. The van der Waals surface area contributed by atoms with Crippen molar-refractivity contribution in [1.82, 2.24) is 0 Å². The first-order valence-electron chi connectivity index (χ1n) is 3.18. The second kappa shape index (κ2) is 3.25. The van der Waals surface area contributed by atoms with Crippen molar-refractivity contribution in [2.24, 2.45) is 0 Å². The summed E-state index contributed by atoms with van der Waals surface area (Å²) in [5.74, 6) is 0. The summed E-state index contributed by atoms with van der Waals surface area (Å²) < 4.78 is 12.7. The molecule has 1 aliphatic carbocycles. The Morgan fingerprint density at radius 2 is 2.44 bits per heavy atom. The zero-order chi connectivity index (χ0) is 6.69. The zero-order valence-electron chi connectivity index (χ0n) is 5.51. The SMILES string of the molecule is CS[C@H]1CCC=C[C@@H]1F. The summed E-state index contributed by atoms with van der Waals surface area (Å²) in [6.07, 6.45) is 6.91. The molecule has 0 radical (unpaired) electrons. The monoisotopic (exact) mass is 146 g/mol. The molecule has 0 fully saturated rings. The predicted octanol–water partition coefficient (Wildman–Crippen LogP) is 2.41. The van der Waals surface area contributed by atoms with Gasteiger partial charge in [-0.05, 0) is 19.1 Å². The van der Waals surface area contributed by atoms with Gasteiger partial charge in [0.25, 0.3) is 0 Å². The summed E-state index contributed by atoms with van der Waals surface area (Å²) in [4.78, 5) is 0. The third-order valence-corrected chi connectivity index (χ3v) is 2.70. The Balaban J connectivity index is 2.44. The van der Waals surface area contributed by atoms with Crippen LogP contribution in [0, 0.1) is 0 Å². The van der Waals surface area contributed by atoms with Gasteiger partial charge >= 0.3 is 0 Å². The van der Waals surface area contributed by atoms with Crippen molar-refractivity contribution >= 4 is 11.8 Å². The van der Waals surface area contributed by atoms with E-state index >= 15 is 0 Å². The van der Waals surface area contributed by atoms with E-state index in [0.29, 0.717) is 0 Å². The van der Waals surface area contributed by atoms with Crippen LogP contribution in [0.4, 0.5) is 4.39 Å². The number of hydrogen-bond donors (Lipinski definition) is 0. The number of allylic oxidation sites excluding steroid dienone is 2. The van der Waals surface area contributed by atoms with Gasteiger partial charge < -0.3 is 0 Å². The third kappa shape index (κ3) is 1.71. The molecule has 0 aromatic rings. The van der Waals surface area contributed by atoms with Crippen molar-refractivity contribution in [2.45, 2.75) is 24.3 Å². The molecule has 0 spiro atoms. The van der Waals surface area contributed by atoms with E-state index in [1.54, 1.807) is 17.8 Å². The molecular weight excluding hydrogens is 135 g/mol. The Morgan fingerprint density at radius 3 is 2.89 bits per heavy atom. The van der Waals surface area contributed by atoms with Gasteiger partial charge in [0.15, 0.2) is 0 Å². The lowest BCUT2D eigenvalue weighted by Crippen LogP contribution is -2.18. The van der Waals surface area contributed by atoms with Crippen molar-refractivity contribution in [3.05, 3.63) is 12.2 Å². The third-order valence-electron chi connectivity index (χ3n) is 1.60. The van der Waals surface area contributed by atoms with Crippen molar-refractivity contribution in [3.8, 4) is 0 Å². The molecule has 9 heavy (non-hydrogen) atoms. The Kier molecular flexibility index (Phi) is 2.58. The van der Waals surface area contributed by atoms with Crippen LogP contribution in [-0.4, -0.2) is 17.7 Å². The first-order valence-corrected chi connectivity index (χ1v) is 4.47. The average molecular weight is 146 g/mol. The minimum Gasteiger partial charge on any atom is -0.242 e. The Bertz CT molecular complexity index is 111. The standard InChI is InChI=1S/C7H11FS/c1-9-7-5-3-2-4-6(7)8/h2,4,6-7H,3,5H2,1H3/t6-,7-/m0/s1. The lowest BCUT2D eigenvalue weighted by atomic mass is 10.1. The number of thioether (sulfide) groups is 1. The summed E-state index contributed by atoms with van der Waals surface area (Å²) in [6, 6.07) is 0. The number of halogens is 1. The van der Waals surface area contributed by atoms with Gasteiger partial charge in [0.2, 0.25) is 0 Å². The Labute approximate surface area is 59.5 Å². The molecule has 0 heterocycles. The van der Waals surface area contributed by atoms with Crippen molar-refractivity contribution in [3.63, 3.8) is 0 Å². The molecule has 0 saturated heterocycles. The quantitative estimate of drug-likeness (QED) is 0.512. The molecule has 0 unspecified atom stereocenters. The molecule has 0 nitrogen and oxygen atoms in total. The van der Waals surface area contributed by atoms with Crippen molar-refractivity contribution < 1.29 is 4.39 Å². The topological polar surface area (TPSA) is 0 Å². The molecule has 0 aromatic heterocycles. The van der Waals surface area contributed by atoms with E-state index in [9.17, 15) is 4.39 Å². The van der Waals surface area contributed by atoms with Crippen LogP contribution in [-0.2, 0) is 0 Å². The normalized spacial score (nSPS) is 34.9. The maximum absolute atomic E-state index is 12.7. The molecular formula is C7H11FS. The summed E-state index contributed by atoms with van der Waals surface area (Å²) in [5.41, 5.74) is 0. The van der Waals surface area contributed by atoms with Crippen LogP contribution in [0.3, 0.4) is 0 Å². The molecule has 0 bridgehead atoms. The van der Waals surface area contributed by atoms with E-state index in [1.165, 1.54) is 0 Å². The molecule has 0 aromatic carbocycles. The maximum Gasteiger partial charge on any atom is 0.130 e. The summed E-state index contributed by atoms with van der Waals surface area (Å²) in [6.45, 7) is 0. The number of hydrogen-bond acceptors (Lipinski definition) is 1. The van der Waals surface area contributed by atoms with Gasteiger partial charge in [-0.2, -0.15) is 11.8 Å². The first kappa shape index (κ1) is 7.13. The lowest BCUT2D eigenvalue weighted by molar-refractivity contribution is 0.371. The van der Waals surface area contributed by atoms with Gasteiger partial charge in [0, 0.05) is 5.25 Å². The van der Waals surface area contributed by atoms with Crippen LogP contribution in [0.1, 0.15) is 12.8 Å². The van der Waals surface area contributed by atoms with Gasteiger partial charge in [-0.25, -0.2) is 4.39 Å². The molecule has 0 N–H and O–H groups in total. The smallest absolute Gasteiger partial charge is 0.130 e. The van der Waals surface area contributed by atoms with Crippen LogP contribution in [0.2, 0.25) is 0 Å². The van der Waals surface area contributed by atoms with Gasteiger partial charge in [-0.1, -0.05) is 12.2 Å². The molecule has 52 valence electrons. The highest BCUT2D eigenvalue weighted by Gasteiger charge is 2.18. The Morgan fingerprint density at radius 1 is 1.67 bits per heavy atom. The van der Waals surface area contributed by atoms with E-state index in [2.05, 4.69) is 0 Å². The maximum atomic E-state index is 12.7. The van der Waals surface area contributed by atoms with Crippen molar-refractivity contribution in [1.29, 1.82) is 0 Å². The van der Waals surface area contributed by atoms with Gasteiger partial charge in [-0.15, -0.1) is 0 Å². The van der Waals surface area contributed by atoms with Crippen LogP contribution in [0.25, 0.3) is 0 Å². The molecule has 0 aliphatic heterocycles. The fourth-order valence-electron chi connectivity index (χ4n) is 1.02. The van der Waals surface area contributed by atoms with Crippen LogP contribution < -0.4 is 0 Å². The molecule has 0 amide bonds. The van der Waals surface area contributed by atoms with Gasteiger partial charge in [0.1, 0.15) is 6.17 Å². The van der Waals surface area contributed by atoms with E-state index in [0.717, 1.165) is 12.8 Å². The fourth-order valence-corrected chi connectivity index (χ4v) is 1.74. The highest BCUT2D eigenvalue weighted by Crippen LogP contribution is 2.24. The zero-order valence-corrected chi connectivity index (χ0v) is 6.33. The van der Waals surface area contributed by atoms with Crippen LogP contribution in [0.5, 0.6) is 0 Å². The summed E-state index contributed by atoms with van der Waals surface area (Å²) in [5, 5.41) is 0.218. The van der Waals surface area contributed by atoms with Crippen LogP contribution >= 0.6 is 11.8 Å². The molecule has 1 aliphatic rings. The van der Waals surface area contributed by atoms with E-state index < -0.39 is 6.17 Å². The van der Waals surface area contributed by atoms with Crippen LogP contribution in [0.15, 0.2) is 12.2 Å². The number of alkyl halides is 1. The average Bonchev–Trinajstić information content (AvgIpc) is 1.89. The van der Waals surface area contributed by atoms with E-state index in [4.69, 9.17) is 0 Å². The Hall–Kier alpha value is 0.0200. The van der Waals surface area contributed by atoms with Crippen molar-refractivity contribution in [2.75, 3.05) is 6.26 Å². The minimum absolute atomic E-state index is 0.218. The van der Waals surface area contributed by atoms with E-state index in [-0.39, 0.29) is 5.25 Å². The minimum atomic E-state index is -0.700.